The molecule has 1 atom stereocenters. The lowest BCUT2D eigenvalue weighted by atomic mass is 10.3. The van der Waals surface area contributed by atoms with Crippen LogP contribution in [0.15, 0.2) is 11.6 Å². The quantitative estimate of drug-likeness (QED) is 0.667. The molecule has 1 aliphatic rings. The third kappa shape index (κ3) is 2.16. The summed E-state index contributed by atoms with van der Waals surface area (Å²) in [6, 6.07) is -0.312. The molecule has 1 N–H and O–H groups in total. The number of anilines is 1. The Morgan fingerprint density at radius 1 is 1.58 bits per heavy atom. The first-order chi connectivity index (χ1) is 8.96. The van der Waals surface area contributed by atoms with Gasteiger partial charge in [0.15, 0.2) is 9.84 Å². The van der Waals surface area contributed by atoms with Crippen LogP contribution < -0.4 is 5.32 Å². The van der Waals surface area contributed by atoms with Crippen molar-refractivity contribution in [2.24, 2.45) is 0 Å². The Kier molecular flexibility index (Phi) is 2.71. The van der Waals surface area contributed by atoms with Crippen LogP contribution >= 0.6 is 11.3 Å². The SMILES string of the molecule is O=[N+]([O-])c1c(N[C@H]2CCS(=O)(=O)C2)nc2sccn12. The van der Waals surface area contributed by atoms with E-state index in [9.17, 15) is 18.5 Å². The zero-order chi connectivity index (χ0) is 13.6. The molecule has 0 aromatic carbocycles. The molecular weight excluding hydrogens is 292 g/mol. The van der Waals surface area contributed by atoms with Gasteiger partial charge in [0.25, 0.3) is 4.96 Å². The molecule has 3 heterocycles. The maximum atomic E-state index is 11.4. The van der Waals surface area contributed by atoms with Gasteiger partial charge in [0.2, 0.25) is 5.82 Å². The predicted octanol–water partition coefficient (Wildman–Crippen LogP) is 0.903. The van der Waals surface area contributed by atoms with E-state index in [1.807, 2.05) is 0 Å². The van der Waals surface area contributed by atoms with Crippen molar-refractivity contribution >= 4 is 37.8 Å². The normalized spacial score (nSPS) is 21.8. The lowest BCUT2D eigenvalue weighted by Gasteiger charge is -2.08. The molecule has 8 nitrogen and oxygen atoms in total. The number of rotatable bonds is 3. The number of nitro groups is 1. The minimum Gasteiger partial charge on any atom is -0.359 e. The minimum atomic E-state index is -3.03. The summed E-state index contributed by atoms with van der Waals surface area (Å²) >= 11 is 1.29. The highest BCUT2D eigenvalue weighted by molar-refractivity contribution is 7.91. The Morgan fingerprint density at radius 3 is 3.00 bits per heavy atom. The summed E-state index contributed by atoms with van der Waals surface area (Å²) in [7, 11) is -3.03. The predicted molar refractivity (Wildman–Crippen MR) is 70.4 cm³/mol. The molecule has 0 radical (unpaired) electrons. The summed E-state index contributed by atoms with van der Waals surface area (Å²) in [4.78, 5) is 15.2. The van der Waals surface area contributed by atoms with Gasteiger partial charge in [-0.15, -0.1) is 0 Å². The maximum Gasteiger partial charge on any atom is 0.372 e. The van der Waals surface area contributed by atoms with E-state index in [4.69, 9.17) is 0 Å². The fourth-order valence-corrected chi connectivity index (χ4v) is 4.53. The number of fused-ring (bicyclic) bond motifs is 1. The molecule has 2 aromatic rings. The topological polar surface area (TPSA) is 107 Å². The fourth-order valence-electron chi connectivity index (χ4n) is 2.15. The van der Waals surface area contributed by atoms with Crippen LogP contribution in [0.3, 0.4) is 0 Å². The van der Waals surface area contributed by atoms with Crippen LogP contribution in [0.1, 0.15) is 6.42 Å². The number of hydrogen-bond donors (Lipinski definition) is 1. The van der Waals surface area contributed by atoms with Crippen LogP contribution in [-0.2, 0) is 9.84 Å². The average Bonchev–Trinajstić information content (AvgIpc) is 2.92. The van der Waals surface area contributed by atoms with E-state index in [1.54, 1.807) is 11.6 Å². The highest BCUT2D eigenvalue weighted by atomic mass is 32.2. The third-order valence-electron chi connectivity index (χ3n) is 2.98. The van der Waals surface area contributed by atoms with Gasteiger partial charge in [-0.1, -0.05) is 11.3 Å². The molecule has 3 rings (SSSR count). The summed E-state index contributed by atoms with van der Waals surface area (Å²) < 4.78 is 24.1. The van der Waals surface area contributed by atoms with Crippen molar-refractivity contribution in [2.75, 3.05) is 16.8 Å². The monoisotopic (exact) mass is 302 g/mol. The van der Waals surface area contributed by atoms with Crippen molar-refractivity contribution in [1.82, 2.24) is 9.38 Å². The van der Waals surface area contributed by atoms with Gasteiger partial charge in [0.05, 0.1) is 11.5 Å². The summed E-state index contributed by atoms with van der Waals surface area (Å²) in [5, 5.41) is 15.7. The molecule has 0 aliphatic carbocycles. The van der Waals surface area contributed by atoms with Crippen LogP contribution in [0.25, 0.3) is 4.96 Å². The second-order valence-electron chi connectivity index (χ2n) is 4.34. The summed E-state index contributed by atoms with van der Waals surface area (Å²) in [6.07, 6.45) is 2.02. The lowest BCUT2D eigenvalue weighted by molar-refractivity contribution is -0.389. The van der Waals surface area contributed by atoms with Gasteiger partial charge in [0.1, 0.15) is 6.20 Å². The Labute approximate surface area is 112 Å². The highest BCUT2D eigenvalue weighted by Crippen LogP contribution is 2.29. The van der Waals surface area contributed by atoms with Gasteiger partial charge in [-0.2, -0.15) is 9.38 Å². The number of thiazole rings is 1. The summed E-state index contributed by atoms with van der Waals surface area (Å²) in [5.41, 5.74) is 0. The lowest BCUT2D eigenvalue weighted by Crippen LogP contribution is -2.21. The van der Waals surface area contributed by atoms with Gasteiger partial charge < -0.3 is 15.4 Å². The minimum absolute atomic E-state index is 0.00463. The molecule has 0 unspecified atom stereocenters. The van der Waals surface area contributed by atoms with Crippen molar-refractivity contribution in [3.63, 3.8) is 0 Å². The van der Waals surface area contributed by atoms with Crippen molar-refractivity contribution in [2.45, 2.75) is 12.5 Å². The smallest absolute Gasteiger partial charge is 0.359 e. The van der Waals surface area contributed by atoms with Crippen molar-refractivity contribution in [3.8, 4) is 0 Å². The number of sulfone groups is 1. The van der Waals surface area contributed by atoms with Gasteiger partial charge in [-0.25, -0.2) is 8.42 Å². The number of aromatic nitrogens is 2. The van der Waals surface area contributed by atoms with Gasteiger partial charge in [-0.05, 0) is 11.3 Å². The molecule has 1 fully saturated rings. The van der Waals surface area contributed by atoms with E-state index in [0.29, 0.717) is 11.4 Å². The first kappa shape index (κ1) is 12.4. The molecule has 0 bridgehead atoms. The Balaban J connectivity index is 1.95. The fraction of sp³-hybridized carbons (Fsp3) is 0.444. The summed E-state index contributed by atoms with van der Waals surface area (Å²) in [6.45, 7) is 0. The Morgan fingerprint density at radius 2 is 2.37 bits per heavy atom. The van der Waals surface area contributed by atoms with Crippen molar-refractivity contribution in [3.05, 3.63) is 21.7 Å². The molecule has 1 aliphatic heterocycles. The van der Waals surface area contributed by atoms with Crippen LogP contribution in [0.4, 0.5) is 11.6 Å². The first-order valence-electron chi connectivity index (χ1n) is 5.53. The third-order valence-corrected chi connectivity index (χ3v) is 5.51. The molecule has 102 valence electrons. The van der Waals surface area contributed by atoms with E-state index in [2.05, 4.69) is 10.3 Å². The van der Waals surface area contributed by atoms with E-state index < -0.39 is 14.8 Å². The number of hydrogen-bond acceptors (Lipinski definition) is 7. The first-order valence-corrected chi connectivity index (χ1v) is 8.23. The second kappa shape index (κ2) is 4.17. The van der Waals surface area contributed by atoms with E-state index >= 15 is 0 Å². The Hall–Kier alpha value is -1.68. The van der Waals surface area contributed by atoms with Gasteiger partial charge >= 0.3 is 5.82 Å². The van der Waals surface area contributed by atoms with Gasteiger partial charge in [0, 0.05) is 11.4 Å². The zero-order valence-corrected chi connectivity index (χ0v) is 11.3. The number of nitrogens with one attached hydrogen (secondary N) is 1. The zero-order valence-electron chi connectivity index (χ0n) is 9.64. The van der Waals surface area contributed by atoms with Crippen LogP contribution in [0, 0.1) is 10.1 Å². The molecule has 0 saturated carbocycles. The number of imidazole rings is 1. The number of nitrogens with zero attached hydrogens (tertiary/aromatic N) is 3. The van der Waals surface area contributed by atoms with E-state index in [0.717, 1.165) is 0 Å². The van der Waals surface area contributed by atoms with Crippen LogP contribution in [-0.4, -0.2) is 40.3 Å². The summed E-state index contributed by atoms with van der Waals surface area (Å²) in [5.74, 6) is 0.0928. The molecule has 0 amide bonds. The van der Waals surface area contributed by atoms with E-state index in [1.165, 1.54) is 15.7 Å². The molecular formula is C9H10N4O4S2. The maximum absolute atomic E-state index is 11.4. The molecule has 19 heavy (non-hydrogen) atoms. The standard InChI is InChI=1S/C9H10N4O4S2/c14-13(15)8-7(11-9-12(8)2-3-18-9)10-6-1-4-19(16,17)5-6/h2-3,6,10H,1,4-5H2/t6-/m0/s1. The van der Waals surface area contributed by atoms with Crippen LogP contribution in [0.5, 0.6) is 0 Å². The van der Waals surface area contributed by atoms with Crippen molar-refractivity contribution in [1.29, 1.82) is 0 Å². The van der Waals surface area contributed by atoms with Crippen molar-refractivity contribution < 1.29 is 13.3 Å². The molecule has 0 spiro atoms. The van der Waals surface area contributed by atoms with Gasteiger partial charge in [-0.3, -0.25) is 0 Å². The largest absolute Gasteiger partial charge is 0.372 e. The average molecular weight is 302 g/mol. The molecule has 10 heteroatoms. The Bertz CT molecular complexity index is 747. The second-order valence-corrected chi connectivity index (χ2v) is 7.44. The van der Waals surface area contributed by atoms with E-state index in [-0.39, 0.29) is 29.2 Å². The van der Waals surface area contributed by atoms with Crippen LogP contribution in [0.2, 0.25) is 0 Å². The molecule has 2 aromatic heterocycles. The highest BCUT2D eigenvalue weighted by Gasteiger charge is 2.31. The molecule has 1 saturated heterocycles.